The van der Waals surface area contributed by atoms with Crippen LogP contribution in [0.25, 0.3) is 0 Å². The molecule has 0 saturated heterocycles. The van der Waals surface area contributed by atoms with Crippen molar-refractivity contribution in [2.75, 3.05) is 0 Å². The molecule has 1 rings (SSSR count). The highest BCUT2D eigenvalue weighted by molar-refractivity contribution is 5.72. The van der Waals surface area contributed by atoms with Gasteiger partial charge in [0.15, 0.2) is 0 Å². The fourth-order valence-electron chi connectivity index (χ4n) is 2.10. The van der Waals surface area contributed by atoms with Gasteiger partial charge in [-0.3, -0.25) is 4.79 Å². The SMILES string of the molecule is C=CC(O)(C1CC1)C(CCCC)C(=O)O. The van der Waals surface area contributed by atoms with Crippen LogP contribution in [0.15, 0.2) is 12.7 Å². The van der Waals surface area contributed by atoms with Crippen molar-refractivity contribution < 1.29 is 15.0 Å². The molecule has 3 nitrogen and oxygen atoms in total. The summed E-state index contributed by atoms with van der Waals surface area (Å²) in [4.78, 5) is 11.1. The summed E-state index contributed by atoms with van der Waals surface area (Å²) in [5.74, 6) is -1.49. The first-order valence-electron chi connectivity index (χ1n) is 5.65. The zero-order valence-corrected chi connectivity index (χ0v) is 9.28. The molecule has 15 heavy (non-hydrogen) atoms. The maximum Gasteiger partial charge on any atom is 0.309 e. The predicted octanol–water partition coefficient (Wildman–Crippen LogP) is 2.20. The normalized spacial score (nSPS) is 21.7. The topological polar surface area (TPSA) is 57.5 Å². The standard InChI is InChI=1S/C12H20O3/c1-3-5-6-10(11(13)14)12(15,4-2)9-7-8-9/h4,9-10,15H,2-3,5-8H2,1H3,(H,13,14). The van der Waals surface area contributed by atoms with E-state index in [1.54, 1.807) is 0 Å². The Bertz CT molecular complexity index is 245. The monoisotopic (exact) mass is 212 g/mol. The van der Waals surface area contributed by atoms with Crippen LogP contribution < -0.4 is 0 Å². The first-order chi connectivity index (χ1) is 7.06. The van der Waals surface area contributed by atoms with E-state index in [1.165, 1.54) is 6.08 Å². The van der Waals surface area contributed by atoms with Gasteiger partial charge in [-0.15, -0.1) is 6.58 Å². The first-order valence-corrected chi connectivity index (χ1v) is 5.65. The first kappa shape index (κ1) is 12.2. The minimum absolute atomic E-state index is 0.105. The van der Waals surface area contributed by atoms with Crippen LogP contribution in [0.3, 0.4) is 0 Å². The van der Waals surface area contributed by atoms with Crippen LogP contribution >= 0.6 is 0 Å². The number of aliphatic hydroxyl groups is 1. The van der Waals surface area contributed by atoms with Gasteiger partial charge in [-0.05, 0) is 25.2 Å². The molecule has 1 fully saturated rings. The molecule has 1 saturated carbocycles. The van der Waals surface area contributed by atoms with Gasteiger partial charge in [-0.2, -0.15) is 0 Å². The van der Waals surface area contributed by atoms with Gasteiger partial charge >= 0.3 is 5.97 Å². The molecule has 2 N–H and O–H groups in total. The zero-order chi connectivity index (χ0) is 11.5. The lowest BCUT2D eigenvalue weighted by Crippen LogP contribution is -2.42. The maximum atomic E-state index is 11.1. The minimum atomic E-state index is -1.19. The van der Waals surface area contributed by atoms with E-state index in [9.17, 15) is 9.90 Å². The van der Waals surface area contributed by atoms with Gasteiger partial charge in [0.2, 0.25) is 0 Å². The highest BCUT2D eigenvalue weighted by atomic mass is 16.4. The summed E-state index contributed by atoms with van der Waals surface area (Å²) in [6.45, 7) is 5.61. The van der Waals surface area contributed by atoms with Crippen molar-refractivity contribution in [3.8, 4) is 0 Å². The van der Waals surface area contributed by atoms with Gasteiger partial charge < -0.3 is 10.2 Å². The largest absolute Gasteiger partial charge is 0.481 e. The lowest BCUT2D eigenvalue weighted by Gasteiger charge is -2.31. The van der Waals surface area contributed by atoms with E-state index in [0.29, 0.717) is 6.42 Å². The van der Waals surface area contributed by atoms with E-state index in [4.69, 9.17) is 5.11 Å². The Labute approximate surface area is 90.8 Å². The Morgan fingerprint density at radius 3 is 2.60 bits per heavy atom. The fraction of sp³-hybridized carbons (Fsp3) is 0.750. The lowest BCUT2D eigenvalue weighted by atomic mass is 9.80. The van der Waals surface area contributed by atoms with Crippen molar-refractivity contribution in [1.29, 1.82) is 0 Å². The average Bonchev–Trinajstić information content (AvgIpc) is 3.00. The molecule has 0 radical (unpaired) electrons. The summed E-state index contributed by atoms with van der Waals surface area (Å²) < 4.78 is 0. The highest BCUT2D eigenvalue weighted by Gasteiger charge is 2.49. The Hall–Kier alpha value is -0.830. The van der Waals surface area contributed by atoms with Crippen molar-refractivity contribution in [2.24, 2.45) is 11.8 Å². The molecule has 0 spiro atoms. The summed E-state index contributed by atoms with van der Waals surface area (Å²) in [5.41, 5.74) is -1.19. The molecule has 0 amide bonds. The van der Waals surface area contributed by atoms with Gasteiger partial charge in [0.25, 0.3) is 0 Å². The second-order valence-corrected chi connectivity index (χ2v) is 4.40. The second kappa shape index (κ2) is 4.79. The number of carbonyl (C=O) groups is 1. The highest BCUT2D eigenvalue weighted by Crippen LogP contribution is 2.45. The third-order valence-electron chi connectivity index (χ3n) is 3.26. The van der Waals surface area contributed by atoms with Gasteiger partial charge in [0.1, 0.15) is 0 Å². The van der Waals surface area contributed by atoms with E-state index in [2.05, 4.69) is 6.58 Å². The van der Waals surface area contributed by atoms with Crippen LogP contribution in [0.4, 0.5) is 0 Å². The lowest BCUT2D eigenvalue weighted by molar-refractivity contribution is -0.150. The molecule has 1 aliphatic rings. The van der Waals surface area contributed by atoms with Crippen LogP contribution in [0.2, 0.25) is 0 Å². The quantitative estimate of drug-likeness (QED) is 0.636. The molecule has 0 aromatic carbocycles. The van der Waals surface area contributed by atoms with Gasteiger partial charge in [0.05, 0.1) is 11.5 Å². The molecular formula is C12H20O3. The summed E-state index contributed by atoms with van der Waals surface area (Å²) in [7, 11) is 0. The number of hydrogen-bond donors (Lipinski definition) is 2. The molecule has 2 atom stereocenters. The Kier molecular flexibility index (Phi) is 3.91. The number of unbranched alkanes of at least 4 members (excludes halogenated alkanes) is 1. The molecule has 3 heteroatoms. The van der Waals surface area contributed by atoms with Crippen LogP contribution in [0.1, 0.15) is 39.0 Å². The van der Waals surface area contributed by atoms with Crippen molar-refractivity contribution in [1.82, 2.24) is 0 Å². The Balaban J connectivity index is 2.75. The van der Waals surface area contributed by atoms with Crippen molar-refractivity contribution in [2.45, 2.75) is 44.6 Å². The summed E-state index contributed by atoms with van der Waals surface area (Å²) in [5, 5.41) is 19.5. The number of carboxylic acids is 1. The molecular weight excluding hydrogens is 192 g/mol. The Morgan fingerprint density at radius 1 is 1.67 bits per heavy atom. The maximum absolute atomic E-state index is 11.1. The molecule has 86 valence electrons. The van der Waals surface area contributed by atoms with Crippen LogP contribution in [0, 0.1) is 11.8 Å². The van der Waals surface area contributed by atoms with E-state index in [1.807, 2.05) is 6.92 Å². The summed E-state index contributed by atoms with van der Waals surface area (Å²) in [6.07, 6.45) is 5.57. The van der Waals surface area contributed by atoms with E-state index in [-0.39, 0.29) is 5.92 Å². The molecule has 0 aliphatic heterocycles. The molecule has 0 aromatic heterocycles. The molecule has 0 bridgehead atoms. The van der Waals surface area contributed by atoms with E-state index >= 15 is 0 Å². The van der Waals surface area contributed by atoms with Gasteiger partial charge in [-0.25, -0.2) is 0 Å². The molecule has 1 aliphatic carbocycles. The molecule has 0 heterocycles. The average molecular weight is 212 g/mol. The van der Waals surface area contributed by atoms with Crippen molar-refractivity contribution in [3.63, 3.8) is 0 Å². The number of aliphatic carboxylic acids is 1. The van der Waals surface area contributed by atoms with Gasteiger partial charge in [-0.1, -0.05) is 25.8 Å². The number of hydrogen-bond acceptors (Lipinski definition) is 2. The second-order valence-electron chi connectivity index (χ2n) is 4.40. The van der Waals surface area contributed by atoms with Gasteiger partial charge in [0, 0.05) is 0 Å². The zero-order valence-electron chi connectivity index (χ0n) is 9.28. The number of rotatable bonds is 7. The van der Waals surface area contributed by atoms with Crippen molar-refractivity contribution >= 4 is 5.97 Å². The van der Waals surface area contributed by atoms with Crippen LogP contribution in [0.5, 0.6) is 0 Å². The Morgan fingerprint density at radius 2 is 2.27 bits per heavy atom. The van der Waals surface area contributed by atoms with Crippen molar-refractivity contribution in [3.05, 3.63) is 12.7 Å². The third kappa shape index (κ3) is 2.59. The predicted molar refractivity (Wildman–Crippen MR) is 58.5 cm³/mol. The smallest absolute Gasteiger partial charge is 0.309 e. The third-order valence-corrected chi connectivity index (χ3v) is 3.26. The fourth-order valence-corrected chi connectivity index (χ4v) is 2.10. The minimum Gasteiger partial charge on any atom is -0.481 e. The summed E-state index contributed by atoms with van der Waals surface area (Å²) in [6, 6.07) is 0. The van der Waals surface area contributed by atoms with Crippen LogP contribution in [-0.4, -0.2) is 21.8 Å². The summed E-state index contributed by atoms with van der Waals surface area (Å²) >= 11 is 0. The molecule has 0 aromatic rings. The van der Waals surface area contributed by atoms with Crippen LogP contribution in [-0.2, 0) is 4.79 Å². The number of carboxylic acid groups (broad SMARTS) is 1. The van der Waals surface area contributed by atoms with E-state index < -0.39 is 17.5 Å². The molecule has 2 unspecified atom stereocenters. The van der Waals surface area contributed by atoms with E-state index in [0.717, 1.165) is 25.7 Å².